The molecule has 0 bridgehead atoms. The third-order valence-electron chi connectivity index (χ3n) is 10.5. The maximum absolute atomic E-state index is 2.42. The van der Waals surface area contributed by atoms with Gasteiger partial charge in [-0.05, 0) is 95.7 Å². The number of aromatic nitrogens is 2. The molecule has 0 fully saturated rings. The van der Waals surface area contributed by atoms with Gasteiger partial charge in [-0.1, -0.05) is 97.1 Å². The van der Waals surface area contributed by atoms with Crippen molar-refractivity contribution in [1.29, 1.82) is 0 Å². The van der Waals surface area contributed by atoms with Crippen molar-refractivity contribution in [2.75, 3.05) is 4.90 Å². The minimum atomic E-state index is 1.11. The molecule has 0 saturated carbocycles. The largest absolute Gasteiger partial charge is 0.315 e. The normalized spacial score (nSPS) is 11.8. The maximum Gasteiger partial charge on any atom is 0.0788 e. The van der Waals surface area contributed by atoms with Crippen LogP contribution in [0.2, 0.25) is 0 Å². The summed E-state index contributed by atoms with van der Waals surface area (Å²) in [7, 11) is 0. The highest BCUT2D eigenvalue weighted by Gasteiger charge is 2.19. The van der Waals surface area contributed by atoms with Gasteiger partial charge in [0, 0.05) is 71.0 Å². The first-order valence-corrected chi connectivity index (χ1v) is 18.5. The Balaban J connectivity index is 1.10. The number of thiophene rings is 1. The van der Waals surface area contributed by atoms with E-state index in [1.165, 1.54) is 63.7 Å². The molecule has 52 heavy (non-hydrogen) atoms. The summed E-state index contributed by atoms with van der Waals surface area (Å²) in [5, 5.41) is 8.77. The molecule has 0 saturated heterocycles. The highest BCUT2D eigenvalue weighted by molar-refractivity contribution is 7.25. The second-order valence-corrected chi connectivity index (χ2v) is 14.5. The molecule has 0 aliphatic heterocycles. The first-order chi connectivity index (χ1) is 25.8. The van der Waals surface area contributed by atoms with Crippen LogP contribution >= 0.6 is 11.3 Å². The van der Waals surface area contributed by atoms with Crippen molar-refractivity contribution in [1.82, 2.24) is 9.13 Å². The smallest absolute Gasteiger partial charge is 0.0788 e. The molecule has 0 atom stereocenters. The number of rotatable bonds is 5. The Hall–Kier alpha value is -6.62. The molecule has 4 heteroatoms. The molecule has 11 rings (SSSR count). The fourth-order valence-electron chi connectivity index (χ4n) is 8.11. The van der Waals surface area contributed by atoms with E-state index in [4.69, 9.17) is 0 Å². The number of fused-ring (bicyclic) bond motifs is 9. The lowest BCUT2D eigenvalue weighted by Gasteiger charge is -2.26. The molecular weight excluding hydrogens is 651 g/mol. The van der Waals surface area contributed by atoms with Gasteiger partial charge in [0.05, 0.1) is 16.6 Å². The average molecular weight is 682 g/mol. The fourth-order valence-corrected chi connectivity index (χ4v) is 9.20. The lowest BCUT2D eigenvalue weighted by atomic mass is 10.1. The number of nitrogens with zero attached hydrogens (tertiary/aromatic N) is 3. The van der Waals surface area contributed by atoms with E-state index < -0.39 is 0 Å². The fraction of sp³-hybridized carbons (Fsp3) is 0. The minimum absolute atomic E-state index is 1.11. The number of anilines is 3. The van der Waals surface area contributed by atoms with Crippen LogP contribution in [-0.2, 0) is 0 Å². The van der Waals surface area contributed by atoms with Gasteiger partial charge in [-0.15, -0.1) is 11.3 Å². The summed E-state index contributed by atoms with van der Waals surface area (Å²) in [5.74, 6) is 0. The Bertz CT molecular complexity index is 3130. The highest BCUT2D eigenvalue weighted by atomic mass is 32.1. The topological polar surface area (TPSA) is 13.1 Å². The van der Waals surface area contributed by atoms with Crippen molar-refractivity contribution in [3.63, 3.8) is 0 Å². The molecule has 3 nitrogen and oxygen atoms in total. The third-order valence-corrected chi connectivity index (χ3v) is 11.6. The Morgan fingerprint density at radius 2 is 1.06 bits per heavy atom. The summed E-state index contributed by atoms with van der Waals surface area (Å²) >= 11 is 1.86. The van der Waals surface area contributed by atoms with E-state index in [1.54, 1.807) is 0 Å². The molecule has 0 N–H and O–H groups in total. The van der Waals surface area contributed by atoms with Crippen LogP contribution in [0.3, 0.4) is 0 Å². The highest BCUT2D eigenvalue weighted by Crippen LogP contribution is 2.42. The van der Waals surface area contributed by atoms with E-state index in [0.717, 1.165) is 28.4 Å². The van der Waals surface area contributed by atoms with Gasteiger partial charge in [0.1, 0.15) is 0 Å². The average Bonchev–Trinajstić information content (AvgIpc) is 3.90. The van der Waals surface area contributed by atoms with Gasteiger partial charge in [-0.2, -0.15) is 0 Å². The summed E-state index contributed by atoms with van der Waals surface area (Å²) in [4.78, 5) is 2.39. The molecule has 11 aromatic rings. The van der Waals surface area contributed by atoms with Crippen LogP contribution < -0.4 is 4.90 Å². The lowest BCUT2D eigenvalue weighted by molar-refractivity contribution is 1.11. The number of benzene rings is 8. The predicted octanol–water partition coefficient (Wildman–Crippen LogP) is 13.7. The molecule has 3 heterocycles. The summed E-state index contributed by atoms with van der Waals surface area (Å²) < 4.78 is 7.39. The van der Waals surface area contributed by atoms with Crippen molar-refractivity contribution in [2.24, 2.45) is 0 Å². The van der Waals surface area contributed by atoms with E-state index in [9.17, 15) is 0 Å². The molecule has 0 spiro atoms. The Labute approximate surface area is 304 Å². The zero-order valence-electron chi connectivity index (χ0n) is 28.1. The Kier molecular flexibility index (Phi) is 6.42. The first-order valence-electron chi connectivity index (χ1n) is 17.7. The lowest BCUT2D eigenvalue weighted by Crippen LogP contribution is -2.10. The van der Waals surface area contributed by atoms with Crippen LogP contribution in [0, 0.1) is 0 Å². The van der Waals surface area contributed by atoms with Gasteiger partial charge in [0.15, 0.2) is 0 Å². The monoisotopic (exact) mass is 681 g/mol. The zero-order valence-corrected chi connectivity index (χ0v) is 29.0. The molecule has 0 radical (unpaired) electrons. The quantitative estimate of drug-likeness (QED) is 0.176. The van der Waals surface area contributed by atoms with Gasteiger partial charge in [-0.3, -0.25) is 0 Å². The van der Waals surface area contributed by atoms with Gasteiger partial charge >= 0.3 is 0 Å². The van der Waals surface area contributed by atoms with E-state index >= 15 is 0 Å². The summed E-state index contributed by atoms with van der Waals surface area (Å²) in [6.07, 6.45) is 2.21. The van der Waals surface area contributed by atoms with E-state index in [2.05, 4.69) is 202 Å². The summed E-state index contributed by atoms with van der Waals surface area (Å²) in [6.45, 7) is 0. The molecule has 3 aromatic heterocycles. The van der Waals surface area contributed by atoms with Crippen molar-refractivity contribution >= 4 is 92.1 Å². The van der Waals surface area contributed by atoms with Crippen LogP contribution in [0.4, 0.5) is 17.1 Å². The first kappa shape index (κ1) is 29.1. The van der Waals surface area contributed by atoms with E-state index in [-0.39, 0.29) is 0 Å². The molecule has 244 valence electrons. The Morgan fingerprint density at radius 3 is 1.94 bits per heavy atom. The SMILES string of the molecule is c1ccc(-n2c3ccccc3c3ccc4ccn(-c5ccc(N(c6ccc7ccccc7c6)c6ccc7sc8ccccc8c7c6)cc5)c4c32)cc1. The number of para-hydroxylation sites is 2. The van der Waals surface area contributed by atoms with Crippen LogP contribution in [-0.4, -0.2) is 9.13 Å². The molecule has 0 unspecified atom stereocenters. The summed E-state index contributed by atoms with van der Waals surface area (Å²) in [6, 6.07) is 66.3. The molecule has 8 aromatic carbocycles. The van der Waals surface area contributed by atoms with E-state index in [1.807, 2.05) is 11.3 Å². The van der Waals surface area contributed by atoms with E-state index in [0.29, 0.717) is 0 Å². The van der Waals surface area contributed by atoms with Crippen molar-refractivity contribution < 1.29 is 0 Å². The van der Waals surface area contributed by atoms with Gasteiger partial charge < -0.3 is 14.0 Å². The standard InChI is InChI=1S/C48H31N3S/c1-2-12-36(13-3-1)51-44-16-8-6-14-40(44)42-26-19-33-28-29-49(47(33)48(42)51)35-21-23-37(24-22-35)50(38-20-18-32-10-4-5-11-34(32)30-38)39-25-27-46-43(31-39)41-15-7-9-17-45(41)52-46/h1-31H. The Morgan fingerprint density at radius 1 is 0.385 bits per heavy atom. The van der Waals surface area contributed by atoms with Crippen LogP contribution in [0.25, 0.3) is 75.0 Å². The second-order valence-electron chi connectivity index (χ2n) is 13.4. The molecule has 0 aliphatic rings. The van der Waals surface area contributed by atoms with Crippen LogP contribution in [0.5, 0.6) is 0 Å². The maximum atomic E-state index is 2.42. The van der Waals surface area contributed by atoms with Gasteiger partial charge in [-0.25, -0.2) is 0 Å². The number of hydrogen-bond acceptors (Lipinski definition) is 2. The zero-order chi connectivity index (χ0) is 34.2. The van der Waals surface area contributed by atoms with Crippen LogP contribution in [0.1, 0.15) is 0 Å². The molecule has 0 amide bonds. The van der Waals surface area contributed by atoms with Crippen molar-refractivity contribution in [2.45, 2.75) is 0 Å². The van der Waals surface area contributed by atoms with Crippen LogP contribution in [0.15, 0.2) is 188 Å². The molecular formula is C48H31N3S. The van der Waals surface area contributed by atoms with Gasteiger partial charge in [0.25, 0.3) is 0 Å². The van der Waals surface area contributed by atoms with Crippen molar-refractivity contribution in [3.05, 3.63) is 188 Å². The minimum Gasteiger partial charge on any atom is -0.315 e. The number of hydrogen-bond donors (Lipinski definition) is 0. The third kappa shape index (κ3) is 4.45. The van der Waals surface area contributed by atoms with Crippen molar-refractivity contribution in [3.8, 4) is 11.4 Å². The van der Waals surface area contributed by atoms with Gasteiger partial charge in [0.2, 0.25) is 0 Å². The molecule has 0 aliphatic carbocycles. The second kappa shape index (κ2) is 11.5. The predicted molar refractivity (Wildman–Crippen MR) is 223 cm³/mol. The summed E-state index contributed by atoms with van der Waals surface area (Å²) in [5.41, 5.74) is 9.28.